The SMILES string of the molecule is CCC(C)(C)C(C)C1C(C)C1(C)NC. The van der Waals surface area contributed by atoms with Gasteiger partial charge in [0.25, 0.3) is 0 Å². The van der Waals surface area contributed by atoms with Gasteiger partial charge < -0.3 is 5.32 Å². The summed E-state index contributed by atoms with van der Waals surface area (Å²) in [4.78, 5) is 0. The highest BCUT2D eigenvalue weighted by atomic mass is 15.0. The van der Waals surface area contributed by atoms with Crippen molar-refractivity contribution < 1.29 is 0 Å². The zero-order chi connectivity index (χ0) is 11.1. The minimum Gasteiger partial charge on any atom is -0.314 e. The largest absolute Gasteiger partial charge is 0.314 e. The van der Waals surface area contributed by atoms with Crippen LogP contribution < -0.4 is 5.32 Å². The molecule has 1 aliphatic rings. The lowest BCUT2D eigenvalue weighted by Gasteiger charge is -2.32. The monoisotopic (exact) mass is 197 g/mol. The molecular weight excluding hydrogens is 170 g/mol. The second kappa shape index (κ2) is 3.52. The van der Waals surface area contributed by atoms with E-state index in [9.17, 15) is 0 Å². The maximum atomic E-state index is 3.49. The van der Waals surface area contributed by atoms with Crippen molar-refractivity contribution in [1.29, 1.82) is 0 Å². The molecule has 1 N–H and O–H groups in total. The Morgan fingerprint density at radius 3 is 2.21 bits per heavy atom. The molecule has 0 aliphatic heterocycles. The van der Waals surface area contributed by atoms with Crippen LogP contribution in [0.25, 0.3) is 0 Å². The third-order valence-corrected chi connectivity index (χ3v) is 5.29. The molecule has 1 fully saturated rings. The summed E-state index contributed by atoms with van der Waals surface area (Å²) in [5.74, 6) is 2.48. The van der Waals surface area contributed by atoms with E-state index in [1.807, 2.05) is 0 Å². The molecule has 0 bridgehead atoms. The lowest BCUT2D eigenvalue weighted by molar-refractivity contribution is 0.180. The van der Waals surface area contributed by atoms with Gasteiger partial charge in [-0.25, -0.2) is 0 Å². The summed E-state index contributed by atoms with van der Waals surface area (Å²) in [7, 11) is 2.10. The summed E-state index contributed by atoms with van der Waals surface area (Å²) in [5, 5.41) is 3.49. The summed E-state index contributed by atoms with van der Waals surface area (Å²) in [6.07, 6.45) is 1.27. The molecule has 1 nitrogen and oxygen atoms in total. The highest BCUT2D eigenvalue weighted by Gasteiger charge is 2.61. The van der Waals surface area contributed by atoms with Gasteiger partial charge in [0.1, 0.15) is 0 Å². The minimum atomic E-state index is 0.395. The number of rotatable bonds is 4. The first-order chi connectivity index (χ1) is 6.31. The first-order valence-corrected chi connectivity index (χ1v) is 6.00. The number of hydrogen-bond acceptors (Lipinski definition) is 1. The Bertz CT molecular complexity index is 198. The highest BCUT2D eigenvalue weighted by molar-refractivity contribution is 5.15. The van der Waals surface area contributed by atoms with Crippen molar-refractivity contribution >= 4 is 0 Å². The summed E-state index contributed by atoms with van der Waals surface area (Å²) in [5.41, 5.74) is 0.874. The van der Waals surface area contributed by atoms with Gasteiger partial charge in [-0.3, -0.25) is 0 Å². The van der Waals surface area contributed by atoms with E-state index in [0.29, 0.717) is 11.0 Å². The molecule has 0 aromatic rings. The summed E-state index contributed by atoms with van der Waals surface area (Å²) in [6.45, 7) is 14.3. The lowest BCUT2D eigenvalue weighted by Crippen LogP contribution is -2.32. The van der Waals surface area contributed by atoms with Crippen LogP contribution in [0.15, 0.2) is 0 Å². The van der Waals surface area contributed by atoms with Crippen LogP contribution in [-0.2, 0) is 0 Å². The van der Waals surface area contributed by atoms with Crippen LogP contribution in [0, 0.1) is 23.2 Å². The molecule has 0 aromatic heterocycles. The quantitative estimate of drug-likeness (QED) is 0.729. The van der Waals surface area contributed by atoms with Gasteiger partial charge in [0.15, 0.2) is 0 Å². The van der Waals surface area contributed by atoms with E-state index in [1.165, 1.54) is 6.42 Å². The van der Waals surface area contributed by atoms with E-state index in [4.69, 9.17) is 0 Å². The Hall–Kier alpha value is -0.0400. The van der Waals surface area contributed by atoms with Gasteiger partial charge in [0.2, 0.25) is 0 Å². The van der Waals surface area contributed by atoms with Crippen molar-refractivity contribution in [2.75, 3.05) is 7.05 Å². The van der Waals surface area contributed by atoms with Crippen molar-refractivity contribution in [2.45, 2.75) is 53.5 Å². The fourth-order valence-electron chi connectivity index (χ4n) is 2.92. The molecule has 0 radical (unpaired) electrons. The third-order valence-electron chi connectivity index (χ3n) is 5.29. The topological polar surface area (TPSA) is 12.0 Å². The van der Waals surface area contributed by atoms with Gasteiger partial charge >= 0.3 is 0 Å². The summed E-state index contributed by atoms with van der Waals surface area (Å²) < 4.78 is 0. The molecule has 1 rings (SSSR count). The average molecular weight is 197 g/mol. The van der Waals surface area contributed by atoms with Gasteiger partial charge in [-0.15, -0.1) is 0 Å². The molecule has 0 heterocycles. The maximum absolute atomic E-state index is 3.49. The standard InChI is InChI=1S/C13H27N/c1-8-12(4,5)9(2)11-10(3)13(11,6)14-7/h9-11,14H,8H2,1-7H3. The Morgan fingerprint density at radius 1 is 1.43 bits per heavy atom. The average Bonchev–Trinajstić information content (AvgIpc) is 2.69. The predicted molar refractivity (Wildman–Crippen MR) is 63.4 cm³/mol. The fourth-order valence-corrected chi connectivity index (χ4v) is 2.92. The van der Waals surface area contributed by atoms with E-state index in [0.717, 1.165) is 17.8 Å². The molecule has 1 saturated carbocycles. The van der Waals surface area contributed by atoms with Crippen LogP contribution in [0.5, 0.6) is 0 Å². The van der Waals surface area contributed by atoms with Gasteiger partial charge in [-0.05, 0) is 37.1 Å². The summed E-state index contributed by atoms with van der Waals surface area (Å²) in [6, 6.07) is 0. The van der Waals surface area contributed by atoms with E-state index in [-0.39, 0.29) is 0 Å². The Labute approximate surface area is 89.7 Å². The number of nitrogens with one attached hydrogen (secondary N) is 1. The van der Waals surface area contributed by atoms with E-state index in [2.05, 4.69) is 53.9 Å². The third kappa shape index (κ3) is 1.60. The molecule has 0 amide bonds. The Balaban J connectivity index is 2.70. The van der Waals surface area contributed by atoms with Gasteiger partial charge in [-0.1, -0.05) is 41.0 Å². The number of hydrogen-bond donors (Lipinski definition) is 1. The van der Waals surface area contributed by atoms with Crippen molar-refractivity contribution in [1.82, 2.24) is 5.32 Å². The molecule has 4 unspecified atom stereocenters. The van der Waals surface area contributed by atoms with Crippen molar-refractivity contribution in [3.63, 3.8) is 0 Å². The first-order valence-electron chi connectivity index (χ1n) is 6.00. The van der Waals surface area contributed by atoms with Crippen LogP contribution in [0.3, 0.4) is 0 Å². The Kier molecular flexibility index (Phi) is 3.02. The van der Waals surface area contributed by atoms with Crippen LogP contribution in [0.2, 0.25) is 0 Å². The molecule has 0 aromatic carbocycles. The van der Waals surface area contributed by atoms with E-state index >= 15 is 0 Å². The first kappa shape index (κ1) is 12.0. The van der Waals surface area contributed by atoms with Gasteiger partial charge in [-0.2, -0.15) is 0 Å². The highest BCUT2D eigenvalue weighted by Crippen LogP contribution is 2.58. The fraction of sp³-hybridized carbons (Fsp3) is 1.00. The smallest absolute Gasteiger partial charge is 0.0213 e. The molecule has 0 spiro atoms. The molecule has 4 atom stereocenters. The lowest BCUT2D eigenvalue weighted by atomic mass is 9.74. The van der Waals surface area contributed by atoms with Crippen LogP contribution in [0.4, 0.5) is 0 Å². The van der Waals surface area contributed by atoms with E-state index in [1.54, 1.807) is 0 Å². The van der Waals surface area contributed by atoms with E-state index < -0.39 is 0 Å². The van der Waals surface area contributed by atoms with Gasteiger partial charge in [0.05, 0.1) is 0 Å². The van der Waals surface area contributed by atoms with Crippen LogP contribution in [0.1, 0.15) is 48.0 Å². The Morgan fingerprint density at radius 2 is 1.93 bits per heavy atom. The molecular formula is C13H27N. The second-order valence-electron chi connectivity index (χ2n) is 5.98. The van der Waals surface area contributed by atoms with Crippen molar-refractivity contribution in [3.8, 4) is 0 Å². The zero-order valence-electron chi connectivity index (χ0n) is 10.9. The molecule has 1 heteroatoms. The molecule has 0 saturated heterocycles. The van der Waals surface area contributed by atoms with Crippen molar-refractivity contribution in [2.24, 2.45) is 23.2 Å². The predicted octanol–water partition coefficient (Wildman–Crippen LogP) is 3.30. The zero-order valence-corrected chi connectivity index (χ0v) is 10.9. The van der Waals surface area contributed by atoms with Crippen LogP contribution in [-0.4, -0.2) is 12.6 Å². The second-order valence-corrected chi connectivity index (χ2v) is 5.98. The molecule has 1 aliphatic carbocycles. The maximum Gasteiger partial charge on any atom is 0.0213 e. The van der Waals surface area contributed by atoms with Crippen molar-refractivity contribution in [3.05, 3.63) is 0 Å². The normalized spacial score (nSPS) is 39.6. The van der Waals surface area contributed by atoms with Crippen LogP contribution >= 0.6 is 0 Å². The molecule has 14 heavy (non-hydrogen) atoms. The molecule has 84 valence electrons. The minimum absolute atomic E-state index is 0.395. The van der Waals surface area contributed by atoms with Gasteiger partial charge in [0, 0.05) is 5.54 Å². The summed E-state index contributed by atoms with van der Waals surface area (Å²) >= 11 is 0.